The number of sulfonamides is 1. The number of carbonyl (C=O) groups is 1. The van der Waals surface area contributed by atoms with Gasteiger partial charge in [-0.2, -0.15) is 11.8 Å². The van der Waals surface area contributed by atoms with Crippen LogP contribution in [0.15, 0.2) is 11.0 Å². The zero-order valence-electron chi connectivity index (χ0n) is 10.6. The molecule has 0 amide bonds. The third-order valence-corrected chi connectivity index (χ3v) is 7.31. The van der Waals surface area contributed by atoms with Crippen molar-refractivity contribution in [2.24, 2.45) is 0 Å². The summed E-state index contributed by atoms with van der Waals surface area (Å²) in [6.45, 7) is 2.02. The van der Waals surface area contributed by atoms with E-state index in [1.165, 1.54) is 6.07 Å². The molecule has 1 fully saturated rings. The number of thiophene rings is 1. The number of aromatic carboxylic acids is 1. The molecule has 1 aromatic heterocycles. The fourth-order valence-electron chi connectivity index (χ4n) is 1.73. The molecule has 1 aliphatic rings. The Hall–Kier alpha value is -0.570. The zero-order chi connectivity index (χ0) is 14.3. The fraction of sp³-hybridized carbons (Fsp3) is 0.545. The van der Waals surface area contributed by atoms with Crippen molar-refractivity contribution in [2.45, 2.75) is 29.4 Å². The maximum absolute atomic E-state index is 12.2. The summed E-state index contributed by atoms with van der Waals surface area (Å²) in [5.74, 6) is -1.10. The molecule has 1 aliphatic carbocycles. The lowest BCUT2D eigenvalue weighted by Gasteiger charge is -2.13. The van der Waals surface area contributed by atoms with Gasteiger partial charge in [0.1, 0.15) is 4.88 Å². The predicted octanol–water partition coefficient (Wildman–Crippen LogP) is 1.93. The van der Waals surface area contributed by atoms with Gasteiger partial charge >= 0.3 is 5.97 Å². The Kier molecular flexibility index (Phi) is 3.97. The highest BCUT2D eigenvalue weighted by atomic mass is 32.2. The molecule has 5 nitrogen and oxygen atoms in total. The standard InChI is InChI=1S/C11H15NO4S3/c1-7-9(5-8(18-7)10(13)14)19(15,16)12-6-11(17-2)3-4-11/h5,12H,3-4,6H2,1-2H3,(H,13,14). The predicted molar refractivity (Wildman–Crippen MR) is 76.7 cm³/mol. The Labute approximate surface area is 120 Å². The van der Waals surface area contributed by atoms with Crippen LogP contribution in [0.5, 0.6) is 0 Å². The van der Waals surface area contributed by atoms with E-state index in [1.54, 1.807) is 18.7 Å². The highest BCUT2D eigenvalue weighted by Gasteiger charge is 2.42. The molecule has 2 N–H and O–H groups in total. The van der Waals surface area contributed by atoms with E-state index >= 15 is 0 Å². The number of aryl methyl sites for hydroxylation is 1. The minimum absolute atomic E-state index is 0.0343. The van der Waals surface area contributed by atoms with Crippen LogP contribution in [0, 0.1) is 6.92 Å². The number of hydrogen-bond donors (Lipinski definition) is 2. The van der Waals surface area contributed by atoms with Crippen LogP contribution in [0.1, 0.15) is 27.4 Å². The summed E-state index contributed by atoms with van der Waals surface area (Å²) < 4.78 is 27.0. The SMILES string of the molecule is CSC1(CNS(=O)(=O)c2cc(C(=O)O)sc2C)CC1. The minimum Gasteiger partial charge on any atom is -0.477 e. The van der Waals surface area contributed by atoms with Crippen LogP contribution in [0.2, 0.25) is 0 Å². The topological polar surface area (TPSA) is 83.5 Å². The van der Waals surface area contributed by atoms with E-state index < -0.39 is 16.0 Å². The molecule has 1 saturated carbocycles. The number of carboxylic acid groups (broad SMARTS) is 1. The van der Waals surface area contributed by atoms with Crippen LogP contribution in [0.4, 0.5) is 0 Å². The molecule has 19 heavy (non-hydrogen) atoms. The quantitative estimate of drug-likeness (QED) is 0.836. The van der Waals surface area contributed by atoms with E-state index in [0.717, 1.165) is 24.2 Å². The van der Waals surface area contributed by atoms with E-state index in [9.17, 15) is 13.2 Å². The fourth-order valence-corrected chi connectivity index (χ4v) is 5.11. The third kappa shape index (κ3) is 3.13. The van der Waals surface area contributed by atoms with Gasteiger partial charge in [-0.15, -0.1) is 11.3 Å². The van der Waals surface area contributed by atoms with Crippen molar-refractivity contribution >= 4 is 39.1 Å². The Balaban J connectivity index is 2.17. The van der Waals surface area contributed by atoms with Crippen molar-refractivity contribution in [1.82, 2.24) is 4.72 Å². The maximum Gasteiger partial charge on any atom is 0.345 e. The second kappa shape index (κ2) is 5.08. The van der Waals surface area contributed by atoms with E-state index in [2.05, 4.69) is 4.72 Å². The van der Waals surface area contributed by atoms with Crippen molar-refractivity contribution in [3.8, 4) is 0 Å². The van der Waals surface area contributed by atoms with Crippen LogP contribution < -0.4 is 4.72 Å². The minimum atomic E-state index is -3.62. The summed E-state index contributed by atoms with van der Waals surface area (Å²) in [5, 5.41) is 8.89. The molecule has 0 unspecified atom stereocenters. The average Bonchev–Trinajstić information content (AvgIpc) is 3.02. The lowest BCUT2D eigenvalue weighted by atomic mass is 10.4. The molecule has 1 aromatic rings. The highest BCUT2D eigenvalue weighted by molar-refractivity contribution is 8.00. The summed E-state index contributed by atoms with van der Waals surface area (Å²) >= 11 is 2.65. The van der Waals surface area contributed by atoms with Gasteiger partial charge in [0, 0.05) is 16.2 Å². The molecule has 1 heterocycles. The molecule has 0 saturated heterocycles. The van der Waals surface area contributed by atoms with Crippen molar-refractivity contribution in [2.75, 3.05) is 12.8 Å². The number of rotatable bonds is 6. The Bertz CT molecular complexity index is 601. The molecule has 0 aromatic carbocycles. The smallest absolute Gasteiger partial charge is 0.345 e. The molecule has 0 spiro atoms. The van der Waals surface area contributed by atoms with E-state index in [1.807, 2.05) is 6.26 Å². The molecule has 106 valence electrons. The molecule has 0 aliphatic heterocycles. The Morgan fingerprint density at radius 1 is 1.58 bits per heavy atom. The van der Waals surface area contributed by atoms with Gasteiger partial charge in [0.2, 0.25) is 10.0 Å². The van der Waals surface area contributed by atoms with Crippen molar-refractivity contribution in [1.29, 1.82) is 0 Å². The van der Waals surface area contributed by atoms with Gasteiger partial charge in [0.25, 0.3) is 0 Å². The van der Waals surface area contributed by atoms with Gasteiger partial charge < -0.3 is 5.11 Å². The molecule has 2 rings (SSSR count). The molecule has 0 atom stereocenters. The maximum atomic E-state index is 12.2. The number of thioether (sulfide) groups is 1. The van der Waals surface area contributed by atoms with E-state index in [4.69, 9.17) is 5.11 Å². The summed E-state index contributed by atoms with van der Waals surface area (Å²) in [5.41, 5.74) is 0. The molecule has 8 heteroatoms. The number of carboxylic acids is 1. The molecular weight excluding hydrogens is 306 g/mol. The normalized spacial score (nSPS) is 17.4. The van der Waals surface area contributed by atoms with Gasteiger partial charge in [-0.3, -0.25) is 0 Å². The first-order chi connectivity index (χ1) is 8.80. The van der Waals surface area contributed by atoms with Crippen LogP contribution in [-0.2, 0) is 10.0 Å². The second-order valence-electron chi connectivity index (χ2n) is 4.55. The van der Waals surface area contributed by atoms with E-state index in [0.29, 0.717) is 11.4 Å². The lowest BCUT2D eigenvalue weighted by molar-refractivity contribution is 0.0702. The second-order valence-corrected chi connectivity index (χ2v) is 8.81. The average molecular weight is 321 g/mol. The largest absolute Gasteiger partial charge is 0.477 e. The zero-order valence-corrected chi connectivity index (χ0v) is 13.0. The van der Waals surface area contributed by atoms with Gasteiger partial charge in [0.05, 0.1) is 4.90 Å². The third-order valence-electron chi connectivity index (χ3n) is 3.20. The lowest BCUT2D eigenvalue weighted by Crippen LogP contribution is -2.31. The summed E-state index contributed by atoms with van der Waals surface area (Å²) in [4.78, 5) is 11.5. The van der Waals surface area contributed by atoms with Gasteiger partial charge in [-0.1, -0.05) is 0 Å². The summed E-state index contributed by atoms with van der Waals surface area (Å²) in [7, 11) is -3.62. The van der Waals surface area contributed by atoms with Crippen molar-refractivity contribution in [3.05, 3.63) is 15.8 Å². The van der Waals surface area contributed by atoms with Gasteiger partial charge in [-0.05, 0) is 32.1 Å². The first-order valence-corrected chi connectivity index (χ1v) is 9.21. The monoisotopic (exact) mass is 321 g/mol. The highest BCUT2D eigenvalue weighted by Crippen LogP contribution is 2.46. The van der Waals surface area contributed by atoms with Crippen LogP contribution in [0.25, 0.3) is 0 Å². The molecule has 0 bridgehead atoms. The van der Waals surface area contributed by atoms with Gasteiger partial charge in [-0.25, -0.2) is 17.9 Å². The van der Waals surface area contributed by atoms with Gasteiger partial charge in [0.15, 0.2) is 0 Å². The number of nitrogens with one attached hydrogen (secondary N) is 1. The van der Waals surface area contributed by atoms with E-state index in [-0.39, 0.29) is 14.5 Å². The Morgan fingerprint density at radius 2 is 2.21 bits per heavy atom. The summed E-state index contributed by atoms with van der Waals surface area (Å²) in [6, 6.07) is 1.23. The van der Waals surface area contributed by atoms with Crippen molar-refractivity contribution in [3.63, 3.8) is 0 Å². The first-order valence-electron chi connectivity index (χ1n) is 5.68. The van der Waals surface area contributed by atoms with Crippen LogP contribution >= 0.6 is 23.1 Å². The number of hydrogen-bond acceptors (Lipinski definition) is 5. The van der Waals surface area contributed by atoms with Crippen LogP contribution in [-0.4, -0.2) is 37.0 Å². The molecular formula is C11H15NO4S3. The Morgan fingerprint density at radius 3 is 2.63 bits per heavy atom. The van der Waals surface area contributed by atoms with Crippen molar-refractivity contribution < 1.29 is 18.3 Å². The molecule has 0 radical (unpaired) electrons. The van der Waals surface area contributed by atoms with Crippen LogP contribution in [0.3, 0.4) is 0 Å². The summed E-state index contributed by atoms with van der Waals surface area (Å²) in [6.07, 6.45) is 4.00. The first kappa shape index (κ1) is 14.8.